The summed E-state index contributed by atoms with van der Waals surface area (Å²) in [6, 6.07) is 7.54. The Kier molecular flexibility index (Phi) is 3.44. The molecule has 3 rings (SSSR count). The lowest BCUT2D eigenvalue weighted by Crippen LogP contribution is -2.10. The van der Waals surface area contributed by atoms with Crippen molar-refractivity contribution in [3.05, 3.63) is 36.3 Å². The number of nitrogens with zero attached hydrogens (tertiary/aromatic N) is 3. The summed E-state index contributed by atoms with van der Waals surface area (Å²) in [6.07, 6.45) is 1.51. The van der Waals surface area contributed by atoms with Gasteiger partial charge in [0.2, 0.25) is 5.88 Å². The predicted molar refractivity (Wildman–Crippen MR) is 84.6 cm³/mol. The van der Waals surface area contributed by atoms with Crippen molar-refractivity contribution >= 4 is 22.6 Å². The highest BCUT2D eigenvalue weighted by Gasteiger charge is 2.19. The van der Waals surface area contributed by atoms with Crippen LogP contribution in [0.25, 0.3) is 10.9 Å². The number of hydrogen-bond donors (Lipinski definition) is 1. The van der Waals surface area contributed by atoms with Crippen LogP contribution in [-0.2, 0) is 5.41 Å². The normalized spacial score (nSPS) is 11.6. The lowest BCUT2D eigenvalue weighted by molar-refractivity contribution is 0.404. The van der Waals surface area contributed by atoms with Crippen molar-refractivity contribution in [2.45, 2.75) is 26.2 Å². The van der Waals surface area contributed by atoms with Gasteiger partial charge in [0.15, 0.2) is 0 Å². The highest BCUT2D eigenvalue weighted by Crippen LogP contribution is 2.28. The van der Waals surface area contributed by atoms with Crippen molar-refractivity contribution in [3.63, 3.8) is 0 Å². The number of nitrogens with one attached hydrogen (secondary N) is 1. The molecule has 114 valence electrons. The Bertz CT molecular complexity index is 805. The van der Waals surface area contributed by atoms with Gasteiger partial charge in [0, 0.05) is 22.9 Å². The van der Waals surface area contributed by atoms with E-state index in [1.165, 1.54) is 6.33 Å². The summed E-state index contributed by atoms with van der Waals surface area (Å²) < 4.78 is 10.6. The SMILES string of the molecule is COc1ccc2c(Nc3cc(C(C)(C)C)no3)ncnc2c1. The molecule has 0 aliphatic carbocycles. The highest BCUT2D eigenvalue weighted by atomic mass is 16.5. The Morgan fingerprint density at radius 3 is 2.64 bits per heavy atom. The first kappa shape index (κ1) is 14.3. The van der Waals surface area contributed by atoms with Crippen molar-refractivity contribution in [1.29, 1.82) is 0 Å². The Hall–Kier alpha value is -2.63. The molecule has 0 aliphatic rings. The average Bonchev–Trinajstić information content (AvgIpc) is 2.96. The maximum Gasteiger partial charge on any atom is 0.230 e. The third kappa shape index (κ3) is 2.72. The van der Waals surface area contributed by atoms with Gasteiger partial charge in [0.05, 0.1) is 18.3 Å². The smallest absolute Gasteiger partial charge is 0.230 e. The second kappa shape index (κ2) is 5.29. The van der Waals surface area contributed by atoms with Crippen LogP contribution in [0.4, 0.5) is 11.7 Å². The van der Waals surface area contributed by atoms with Crippen LogP contribution < -0.4 is 10.1 Å². The number of anilines is 2. The molecule has 0 aliphatic heterocycles. The van der Waals surface area contributed by atoms with Gasteiger partial charge in [0.25, 0.3) is 0 Å². The van der Waals surface area contributed by atoms with Crippen molar-refractivity contribution in [2.24, 2.45) is 0 Å². The zero-order chi connectivity index (χ0) is 15.7. The Balaban J connectivity index is 1.95. The van der Waals surface area contributed by atoms with E-state index in [2.05, 4.69) is 41.2 Å². The molecule has 2 heterocycles. The van der Waals surface area contributed by atoms with E-state index in [0.29, 0.717) is 11.7 Å². The van der Waals surface area contributed by atoms with Gasteiger partial charge in [-0.3, -0.25) is 0 Å². The molecule has 2 aromatic heterocycles. The van der Waals surface area contributed by atoms with Crippen molar-refractivity contribution in [2.75, 3.05) is 12.4 Å². The summed E-state index contributed by atoms with van der Waals surface area (Å²) in [5.74, 6) is 1.98. The highest BCUT2D eigenvalue weighted by molar-refractivity contribution is 5.90. The zero-order valence-corrected chi connectivity index (χ0v) is 13.0. The van der Waals surface area contributed by atoms with Crippen LogP contribution in [0.15, 0.2) is 35.1 Å². The quantitative estimate of drug-likeness (QED) is 0.795. The number of aromatic nitrogens is 3. The lowest BCUT2D eigenvalue weighted by atomic mass is 9.92. The third-order valence-electron chi connectivity index (χ3n) is 3.36. The second-order valence-corrected chi connectivity index (χ2v) is 6.06. The van der Waals surface area contributed by atoms with Crippen molar-refractivity contribution in [1.82, 2.24) is 15.1 Å². The maximum absolute atomic E-state index is 5.34. The molecule has 6 heteroatoms. The molecule has 1 aromatic carbocycles. The molecular formula is C16H18N4O2. The van der Waals surface area contributed by atoms with E-state index in [1.807, 2.05) is 24.3 Å². The van der Waals surface area contributed by atoms with Gasteiger partial charge in [-0.25, -0.2) is 9.97 Å². The number of ether oxygens (including phenoxy) is 1. The molecule has 3 aromatic rings. The first-order valence-electron chi connectivity index (χ1n) is 7.00. The largest absolute Gasteiger partial charge is 0.497 e. The molecule has 0 unspecified atom stereocenters. The first-order chi connectivity index (χ1) is 10.5. The van der Waals surface area contributed by atoms with E-state index < -0.39 is 0 Å². The lowest BCUT2D eigenvalue weighted by Gasteiger charge is -2.12. The molecular weight excluding hydrogens is 280 g/mol. The summed E-state index contributed by atoms with van der Waals surface area (Å²) >= 11 is 0. The summed E-state index contributed by atoms with van der Waals surface area (Å²) in [5, 5.41) is 8.13. The number of methoxy groups -OCH3 is 1. The van der Waals surface area contributed by atoms with E-state index in [-0.39, 0.29) is 5.41 Å². The van der Waals surface area contributed by atoms with Gasteiger partial charge in [-0.1, -0.05) is 25.9 Å². The van der Waals surface area contributed by atoms with Crippen LogP contribution in [-0.4, -0.2) is 22.2 Å². The molecule has 22 heavy (non-hydrogen) atoms. The van der Waals surface area contributed by atoms with E-state index in [4.69, 9.17) is 9.26 Å². The van der Waals surface area contributed by atoms with Gasteiger partial charge in [-0.15, -0.1) is 0 Å². The Morgan fingerprint density at radius 2 is 1.95 bits per heavy atom. The molecule has 0 radical (unpaired) electrons. The second-order valence-electron chi connectivity index (χ2n) is 6.06. The third-order valence-corrected chi connectivity index (χ3v) is 3.36. The fourth-order valence-corrected chi connectivity index (χ4v) is 2.07. The van der Waals surface area contributed by atoms with Crippen molar-refractivity contribution < 1.29 is 9.26 Å². The molecule has 0 amide bonds. The van der Waals surface area contributed by atoms with E-state index in [1.54, 1.807) is 7.11 Å². The molecule has 0 fully saturated rings. The Labute approximate surface area is 128 Å². The van der Waals surface area contributed by atoms with Crippen LogP contribution in [0.3, 0.4) is 0 Å². The molecule has 1 N–H and O–H groups in total. The number of rotatable bonds is 3. The van der Waals surface area contributed by atoms with E-state index >= 15 is 0 Å². The minimum atomic E-state index is -0.0649. The van der Waals surface area contributed by atoms with Crippen LogP contribution in [0, 0.1) is 0 Å². The fourth-order valence-electron chi connectivity index (χ4n) is 2.07. The minimum absolute atomic E-state index is 0.0649. The van der Waals surface area contributed by atoms with Crippen LogP contribution in [0.2, 0.25) is 0 Å². The summed E-state index contributed by atoms with van der Waals surface area (Å²) in [7, 11) is 1.63. The predicted octanol–water partition coefficient (Wildman–Crippen LogP) is 3.67. The topological polar surface area (TPSA) is 73.1 Å². The fraction of sp³-hybridized carbons (Fsp3) is 0.312. The van der Waals surface area contributed by atoms with Gasteiger partial charge in [-0.2, -0.15) is 0 Å². The Morgan fingerprint density at radius 1 is 1.14 bits per heavy atom. The molecule has 0 saturated heterocycles. The number of hydrogen-bond acceptors (Lipinski definition) is 6. The van der Waals surface area contributed by atoms with Crippen LogP contribution >= 0.6 is 0 Å². The summed E-state index contributed by atoms with van der Waals surface area (Å²) in [5.41, 5.74) is 1.62. The molecule has 0 bridgehead atoms. The molecule has 0 spiro atoms. The van der Waals surface area contributed by atoms with Gasteiger partial charge in [-0.05, 0) is 12.1 Å². The maximum atomic E-state index is 5.34. The van der Waals surface area contributed by atoms with Crippen LogP contribution in [0.5, 0.6) is 5.75 Å². The zero-order valence-electron chi connectivity index (χ0n) is 13.0. The van der Waals surface area contributed by atoms with E-state index in [0.717, 1.165) is 22.3 Å². The monoisotopic (exact) mass is 298 g/mol. The summed E-state index contributed by atoms with van der Waals surface area (Å²) in [6.45, 7) is 6.25. The van der Waals surface area contributed by atoms with Crippen molar-refractivity contribution in [3.8, 4) is 5.75 Å². The summed E-state index contributed by atoms with van der Waals surface area (Å²) in [4.78, 5) is 8.54. The standard InChI is InChI=1S/C16H18N4O2/c1-16(2,3)13-8-14(22-20-13)19-15-11-6-5-10(21-4)7-12(11)17-9-18-15/h5-9H,1-4H3,(H,17,18,19). The number of fused-ring (bicyclic) bond motifs is 1. The minimum Gasteiger partial charge on any atom is -0.497 e. The number of benzene rings is 1. The average molecular weight is 298 g/mol. The first-order valence-corrected chi connectivity index (χ1v) is 7.00. The van der Waals surface area contributed by atoms with Crippen LogP contribution in [0.1, 0.15) is 26.5 Å². The van der Waals surface area contributed by atoms with Gasteiger partial charge in [0.1, 0.15) is 17.9 Å². The molecule has 0 atom stereocenters. The van der Waals surface area contributed by atoms with Gasteiger partial charge < -0.3 is 14.6 Å². The molecule has 6 nitrogen and oxygen atoms in total. The van der Waals surface area contributed by atoms with E-state index in [9.17, 15) is 0 Å². The van der Waals surface area contributed by atoms with Gasteiger partial charge >= 0.3 is 0 Å². The molecule has 0 saturated carbocycles.